The van der Waals surface area contributed by atoms with Crippen LogP contribution in [0.3, 0.4) is 0 Å². The van der Waals surface area contributed by atoms with Crippen LogP contribution in [-0.2, 0) is 14.8 Å². The van der Waals surface area contributed by atoms with Crippen molar-refractivity contribution in [3.63, 3.8) is 0 Å². The topological polar surface area (TPSA) is 89.7 Å². The molecule has 8 heteroatoms. The SMILES string of the molecule is COC(=O)c1ccc(F)cc1S(=O)(=O)N1CCC(C(C)N)CC1. The zero-order valence-corrected chi connectivity index (χ0v) is 14.0. The van der Waals surface area contributed by atoms with E-state index in [2.05, 4.69) is 4.74 Å². The predicted octanol–water partition coefficient (Wildman–Crippen LogP) is 1.36. The van der Waals surface area contributed by atoms with Gasteiger partial charge in [0.15, 0.2) is 0 Å². The van der Waals surface area contributed by atoms with Gasteiger partial charge in [-0.1, -0.05) is 0 Å². The van der Waals surface area contributed by atoms with E-state index < -0.39 is 21.8 Å². The molecule has 1 aliphatic heterocycles. The zero-order valence-electron chi connectivity index (χ0n) is 13.2. The van der Waals surface area contributed by atoms with Gasteiger partial charge in [-0.15, -0.1) is 0 Å². The number of sulfonamides is 1. The van der Waals surface area contributed by atoms with Crippen molar-refractivity contribution in [2.75, 3.05) is 20.2 Å². The molecule has 6 nitrogen and oxygen atoms in total. The third kappa shape index (κ3) is 3.70. The summed E-state index contributed by atoms with van der Waals surface area (Å²) in [6.07, 6.45) is 1.28. The molecule has 0 radical (unpaired) electrons. The summed E-state index contributed by atoms with van der Waals surface area (Å²) in [6, 6.07) is 3.02. The largest absolute Gasteiger partial charge is 0.465 e. The Morgan fingerprint density at radius 1 is 1.39 bits per heavy atom. The first kappa shape index (κ1) is 17.8. The Kier molecular flexibility index (Phi) is 5.38. The molecular weight excluding hydrogens is 323 g/mol. The van der Waals surface area contributed by atoms with Gasteiger partial charge in [-0.25, -0.2) is 17.6 Å². The maximum absolute atomic E-state index is 13.5. The lowest BCUT2D eigenvalue weighted by molar-refractivity contribution is 0.0596. The number of piperidine rings is 1. The minimum atomic E-state index is -3.97. The molecule has 0 saturated carbocycles. The van der Waals surface area contributed by atoms with Crippen molar-refractivity contribution >= 4 is 16.0 Å². The van der Waals surface area contributed by atoms with Gasteiger partial charge in [0, 0.05) is 19.1 Å². The predicted molar refractivity (Wildman–Crippen MR) is 82.9 cm³/mol. The summed E-state index contributed by atoms with van der Waals surface area (Å²) in [4.78, 5) is 11.4. The van der Waals surface area contributed by atoms with Crippen molar-refractivity contribution in [2.24, 2.45) is 11.7 Å². The molecule has 1 fully saturated rings. The lowest BCUT2D eigenvalue weighted by Gasteiger charge is -2.33. The summed E-state index contributed by atoms with van der Waals surface area (Å²) in [5.74, 6) is -1.27. The summed E-state index contributed by atoms with van der Waals surface area (Å²) in [6.45, 7) is 2.49. The maximum atomic E-state index is 13.5. The summed E-state index contributed by atoms with van der Waals surface area (Å²) >= 11 is 0. The molecule has 0 spiro atoms. The normalized spacial score (nSPS) is 18.6. The molecule has 1 aliphatic rings. The smallest absolute Gasteiger partial charge is 0.339 e. The number of hydrogen-bond acceptors (Lipinski definition) is 5. The molecule has 0 aromatic heterocycles. The lowest BCUT2D eigenvalue weighted by Crippen LogP contribution is -2.42. The van der Waals surface area contributed by atoms with Crippen LogP contribution in [0.2, 0.25) is 0 Å². The van der Waals surface area contributed by atoms with E-state index >= 15 is 0 Å². The van der Waals surface area contributed by atoms with Gasteiger partial charge in [0.2, 0.25) is 10.0 Å². The van der Waals surface area contributed by atoms with Crippen LogP contribution in [0.15, 0.2) is 23.1 Å². The Bertz CT molecular complexity index is 683. The number of esters is 1. The van der Waals surface area contributed by atoms with E-state index in [0.717, 1.165) is 25.3 Å². The van der Waals surface area contributed by atoms with Crippen LogP contribution in [-0.4, -0.2) is 44.9 Å². The van der Waals surface area contributed by atoms with Gasteiger partial charge in [0.1, 0.15) is 5.82 Å². The van der Waals surface area contributed by atoms with Crippen LogP contribution < -0.4 is 5.73 Å². The van der Waals surface area contributed by atoms with Crippen LogP contribution in [0.5, 0.6) is 0 Å². The van der Waals surface area contributed by atoms with Gasteiger partial charge >= 0.3 is 5.97 Å². The molecule has 1 heterocycles. The molecule has 1 atom stereocenters. The van der Waals surface area contributed by atoms with Crippen molar-refractivity contribution in [2.45, 2.75) is 30.7 Å². The first-order valence-corrected chi connectivity index (χ1v) is 8.85. The second-order valence-corrected chi connectivity index (χ2v) is 7.64. The number of methoxy groups -OCH3 is 1. The number of ether oxygens (including phenoxy) is 1. The number of hydrogen-bond donors (Lipinski definition) is 1. The van der Waals surface area contributed by atoms with E-state index in [1.165, 1.54) is 4.31 Å². The first-order chi connectivity index (χ1) is 10.8. The highest BCUT2D eigenvalue weighted by Gasteiger charge is 2.33. The first-order valence-electron chi connectivity index (χ1n) is 7.41. The maximum Gasteiger partial charge on any atom is 0.339 e. The number of nitrogens with two attached hydrogens (primary N) is 1. The molecule has 128 valence electrons. The lowest BCUT2D eigenvalue weighted by atomic mass is 9.92. The molecule has 1 aromatic carbocycles. The van der Waals surface area contributed by atoms with Gasteiger partial charge in [-0.05, 0) is 43.9 Å². The van der Waals surface area contributed by atoms with Gasteiger partial charge in [-0.3, -0.25) is 0 Å². The number of halogens is 1. The second-order valence-electron chi connectivity index (χ2n) is 5.73. The molecular formula is C15H21FN2O4S. The van der Waals surface area contributed by atoms with Gasteiger partial charge < -0.3 is 10.5 Å². The quantitative estimate of drug-likeness (QED) is 0.833. The highest BCUT2D eigenvalue weighted by Crippen LogP contribution is 2.27. The second kappa shape index (κ2) is 6.94. The van der Waals surface area contributed by atoms with E-state index in [1.54, 1.807) is 0 Å². The molecule has 1 saturated heterocycles. The molecule has 1 aromatic rings. The Hall–Kier alpha value is -1.51. The van der Waals surface area contributed by atoms with E-state index in [4.69, 9.17) is 5.73 Å². The Balaban J connectivity index is 2.34. The number of nitrogens with zero attached hydrogens (tertiary/aromatic N) is 1. The van der Waals surface area contributed by atoms with Crippen LogP contribution >= 0.6 is 0 Å². The fraction of sp³-hybridized carbons (Fsp3) is 0.533. The van der Waals surface area contributed by atoms with Crippen molar-refractivity contribution in [1.82, 2.24) is 4.31 Å². The standard InChI is InChI=1S/C15H21FN2O4S/c1-10(17)11-5-7-18(8-6-11)23(20,21)14-9-12(16)3-4-13(14)15(19)22-2/h3-4,9-11H,5-8,17H2,1-2H3. The number of carbonyl (C=O) groups excluding carboxylic acids is 1. The molecule has 2 rings (SSSR count). The zero-order chi connectivity index (χ0) is 17.2. The fourth-order valence-electron chi connectivity index (χ4n) is 2.77. The highest BCUT2D eigenvalue weighted by molar-refractivity contribution is 7.89. The molecule has 0 amide bonds. The third-order valence-electron chi connectivity index (χ3n) is 4.21. The molecule has 2 N–H and O–H groups in total. The van der Waals surface area contributed by atoms with Gasteiger partial charge in [0.05, 0.1) is 17.6 Å². The third-order valence-corrected chi connectivity index (χ3v) is 6.15. The average molecular weight is 344 g/mol. The average Bonchev–Trinajstić information content (AvgIpc) is 2.54. The van der Waals surface area contributed by atoms with Crippen molar-refractivity contribution in [1.29, 1.82) is 0 Å². The summed E-state index contributed by atoms with van der Waals surface area (Å²) in [7, 11) is -2.82. The van der Waals surface area contributed by atoms with Crippen LogP contribution in [0.4, 0.5) is 4.39 Å². The van der Waals surface area contributed by atoms with Crippen molar-refractivity contribution < 1.29 is 22.3 Å². The Labute approximate surface area is 135 Å². The summed E-state index contributed by atoms with van der Waals surface area (Å²) < 4.78 is 44.9. The van der Waals surface area contributed by atoms with Crippen LogP contribution in [0.1, 0.15) is 30.1 Å². The van der Waals surface area contributed by atoms with Crippen molar-refractivity contribution in [3.8, 4) is 0 Å². The van der Waals surface area contributed by atoms with E-state index in [9.17, 15) is 17.6 Å². The number of benzene rings is 1. The number of carbonyl (C=O) groups is 1. The van der Waals surface area contributed by atoms with Crippen LogP contribution in [0, 0.1) is 11.7 Å². The Morgan fingerprint density at radius 2 is 2.00 bits per heavy atom. The molecule has 0 bridgehead atoms. The number of rotatable bonds is 4. The van der Waals surface area contributed by atoms with E-state index in [1.807, 2.05) is 6.92 Å². The molecule has 1 unspecified atom stereocenters. The van der Waals surface area contributed by atoms with Gasteiger partial charge in [-0.2, -0.15) is 4.31 Å². The van der Waals surface area contributed by atoms with E-state index in [-0.39, 0.29) is 22.4 Å². The van der Waals surface area contributed by atoms with Gasteiger partial charge in [0.25, 0.3) is 0 Å². The van der Waals surface area contributed by atoms with Crippen LogP contribution in [0.25, 0.3) is 0 Å². The van der Waals surface area contributed by atoms with Crippen molar-refractivity contribution in [3.05, 3.63) is 29.6 Å². The Morgan fingerprint density at radius 3 is 2.52 bits per heavy atom. The minimum absolute atomic E-state index is 0.000320. The fourth-order valence-corrected chi connectivity index (χ4v) is 4.43. The van der Waals surface area contributed by atoms with E-state index in [0.29, 0.717) is 25.9 Å². The molecule has 0 aliphatic carbocycles. The highest BCUT2D eigenvalue weighted by atomic mass is 32.2. The summed E-state index contributed by atoms with van der Waals surface area (Å²) in [5.41, 5.74) is 5.69. The molecule has 23 heavy (non-hydrogen) atoms. The minimum Gasteiger partial charge on any atom is -0.465 e. The monoisotopic (exact) mass is 344 g/mol. The summed E-state index contributed by atoms with van der Waals surface area (Å²) in [5, 5.41) is 0.